The van der Waals surface area contributed by atoms with Gasteiger partial charge >= 0.3 is 0 Å². The van der Waals surface area contributed by atoms with Crippen LogP contribution >= 0.6 is 11.6 Å². The summed E-state index contributed by atoms with van der Waals surface area (Å²) in [6.07, 6.45) is 0. The van der Waals surface area contributed by atoms with Gasteiger partial charge in [0, 0.05) is 42.9 Å². The molecule has 1 fully saturated rings. The van der Waals surface area contributed by atoms with Crippen molar-refractivity contribution in [2.75, 3.05) is 25.4 Å². The van der Waals surface area contributed by atoms with Gasteiger partial charge in [0.1, 0.15) is 0 Å². The van der Waals surface area contributed by atoms with Crippen LogP contribution in [-0.2, 0) is 6.54 Å². The highest BCUT2D eigenvalue weighted by molar-refractivity contribution is 6.31. The Bertz CT molecular complexity index is 406. The summed E-state index contributed by atoms with van der Waals surface area (Å²) >= 11 is 6.06. The second kappa shape index (κ2) is 5.25. The van der Waals surface area contributed by atoms with Gasteiger partial charge in [-0.15, -0.1) is 0 Å². The molecule has 0 aliphatic carbocycles. The van der Waals surface area contributed by atoms with Crippen molar-refractivity contribution in [2.24, 2.45) is 0 Å². The van der Waals surface area contributed by atoms with E-state index in [9.17, 15) is 0 Å². The molecule has 4 heteroatoms. The Labute approximate surface area is 108 Å². The van der Waals surface area contributed by atoms with Crippen LogP contribution in [0.4, 0.5) is 5.69 Å². The van der Waals surface area contributed by atoms with Crippen molar-refractivity contribution in [3.05, 3.63) is 28.3 Å². The molecule has 1 aliphatic heterocycles. The zero-order valence-corrected chi connectivity index (χ0v) is 11.2. The van der Waals surface area contributed by atoms with Crippen molar-refractivity contribution in [1.29, 1.82) is 0 Å². The number of anilines is 1. The van der Waals surface area contributed by atoms with Gasteiger partial charge in [-0.3, -0.25) is 4.90 Å². The summed E-state index contributed by atoms with van der Waals surface area (Å²) < 4.78 is 0. The normalized spacial score (nSPS) is 21.7. The molecule has 0 saturated carbocycles. The molecule has 1 aromatic carbocycles. The lowest BCUT2D eigenvalue weighted by Crippen LogP contribution is -2.48. The fourth-order valence-electron chi connectivity index (χ4n) is 2.32. The van der Waals surface area contributed by atoms with Crippen molar-refractivity contribution in [3.63, 3.8) is 0 Å². The van der Waals surface area contributed by atoms with E-state index >= 15 is 0 Å². The van der Waals surface area contributed by atoms with E-state index in [0.717, 1.165) is 42.5 Å². The molecular weight excluding hydrogens is 234 g/mol. The molecule has 3 nitrogen and oxygen atoms in total. The number of hydrogen-bond donors (Lipinski definition) is 2. The van der Waals surface area contributed by atoms with Gasteiger partial charge < -0.3 is 11.1 Å². The molecule has 1 aliphatic rings. The van der Waals surface area contributed by atoms with E-state index in [4.69, 9.17) is 17.3 Å². The standard InChI is InChI=1S/C13H20ClN3/c1-9-7-17(4-3-16-9)8-11-5-12(14)6-13(15)10(11)2/h5-6,9,16H,3-4,7-8,15H2,1-2H3. The molecule has 0 radical (unpaired) electrons. The predicted octanol–water partition coefficient (Wildman–Crippen LogP) is 2.02. The van der Waals surface area contributed by atoms with Crippen LogP contribution in [0.1, 0.15) is 18.1 Å². The first kappa shape index (κ1) is 12.7. The van der Waals surface area contributed by atoms with E-state index in [0.29, 0.717) is 6.04 Å². The number of piperazine rings is 1. The molecule has 1 heterocycles. The third kappa shape index (κ3) is 3.12. The highest BCUT2D eigenvalue weighted by Crippen LogP contribution is 2.23. The summed E-state index contributed by atoms with van der Waals surface area (Å²) in [7, 11) is 0. The van der Waals surface area contributed by atoms with E-state index in [1.54, 1.807) is 0 Å². The lowest BCUT2D eigenvalue weighted by molar-refractivity contribution is 0.199. The number of rotatable bonds is 2. The van der Waals surface area contributed by atoms with Crippen LogP contribution in [0.25, 0.3) is 0 Å². The van der Waals surface area contributed by atoms with Crippen LogP contribution in [0.15, 0.2) is 12.1 Å². The number of benzene rings is 1. The summed E-state index contributed by atoms with van der Waals surface area (Å²) in [4.78, 5) is 2.44. The van der Waals surface area contributed by atoms with Gasteiger partial charge in [-0.1, -0.05) is 11.6 Å². The summed E-state index contributed by atoms with van der Waals surface area (Å²) in [6.45, 7) is 8.42. The molecule has 1 atom stereocenters. The van der Waals surface area contributed by atoms with Crippen LogP contribution in [-0.4, -0.2) is 30.6 Å². The molecule has 0 spiro atoms. The molecule has 2 rings (SSSR count). The Morgan fingerprint density at radius 2 is 2.29 bits per heavy atom. The van der Waals surface area contributed by atoms with Gasteiger partial charge in [-0.2, -0.15) is 0 Å². The number of nitrogen functional groups attached to an aromatic ring is 1. The van der Waals surface area contributed by atoms with Crippen molar-refractivity contribution in [2.45, 2.75) is 26.4 Å². The Hall–Kier alpha value is -0.770. The Kier molecular flexibility index (Phi) is 3.92. The molecular formula is C13H20ClN3. The molecule has 1 aromatic rings. The summed E-state index contributed by atoms with van der Waals surface area (Å²) in [6, 6.07) is 4.40. The maximum Gasteiger partial charge on any atom is 0.0429 e. The van der Waals surface area contributed by atoms with Crippen LogP contribution in [0.2, 0.25) is 5.02 Å². The third-order valence-electron chi connectivity index (χ3n) is 3.37. The van der Waals surface area contributed by atoms with E-state index in [1.807, 2.05) is 12.1 Å². The summed E-state index contributed by atoms with van der Waals surface area (Å²) in [5, 5.41) is 4.17. The molecule has 0 bridgehead atoms. The van der Waals surface area contributed by atoms with Gasteiger partial charge in [-0.05, 0) is 37.1 Å². The highest BCUT2D eigenvalue weighted by atomic mass is 35.5. The van der Waals surface area contributed by atoms with Crippen molar-refractivity contribution in [3.8, 4) is 0 Å². The van der Waals surface area contributed by atoms with Crippen LogP contribution in [0, 0.1) is 6.92 Å². The Morgan fingerprint density at radius 1 is 1.53 bits per heavy atom. The van der Waals surface area contributed by atoms with Gasteiger partial charge in [0.25, 0.3) is 0 Å². The van der Waals surface area contributed by atoms with Crippen LogP contribution in [0.3, 0.4) is 0 Å². The van der Waals surface area contributed by atoms with E-state index in [2.05, 4.69) is 24.1 Å². The first-order chi connectivity index (χ1) is 8.06. The Balaban J connectivity index is 2.12. The number of nitrogens with two attached hydrogens (primary N) is 1. The minimum atomic E-state index is 0.556. The number of nitrogens with one attached hydrogen (secondary N) is 1. The zero-order chi connectivity index (χ0) is 12.4. The maximum atomic E-state index is 6.06. The molecule has 0 amide bonds. The number of hydrogen-bond acceptors (Lipinski definition) is 3. The quantitative estimate of drug-likeness (QED) is 0.793. The van der Waals surface area contributed by atoms with Crippen molar-refractivity contribution < 1.29 is 0 Å². The lowest BCUT2D eigenvalue weighted by Gasteiger charge is -2.32. The van der Waals surface area contributed by atoms with Gasteiger partial charge in [0.2, 0.25) is 0 Å². The molecule has 3 N–H and O–H groups in total. The molecule has 1 unspecified atom stereocenters. The first-order valence-electron chi connectivity index (χ1n) is 6.06. The predicted molar refractivity (Wildman–Crippen MR) is 73.3 cm³/mol. The number of halogens is 1. The van der Waals surface area contributed by atoms with Crippen molar-refractivity contribution in [1.82, 2.24) is 10.2 Å². The second-order valence-corrected chi connectivity index (χ2v) is 5.31. The van der Waals surface area contributed by atoms with Gasteiger partial charge in [0.15, 0.2) is 0 Å². The fraction of sp³-hybridized carbons (Fsp3) is 0.538. The second-order valence-electron chi connectivity index (χ2n) is 4.87. The van der Waals surface area contributed by atoms with E-state index < -0.39 is 0 Å². The molecule has 94 valence electrons. The Morgan fingerprint density at radius 3 is 3.00 bits per heavy atom. The zero-order valence-electron chi connectivity index (χ0n) is 10.5. The third-order valence-corrected chi connectivity index (χ3v) is 3.59. The van der Waals surface area contributed by atoms with Crippen LogP contribution in [0.5, 0.6) is 0 Å². The summed E-state index contributed by atoms with van der Waals surface area (Å²) in [5.41, 5.74) is 9.12. The van der Waals surface area contributed by atoms with E-state index in [-0.39, 0.29) is 0 Å². The first-order valence-corrected chi connectivity index (χ1v) is 6.44. The highest BCUT2D eigenvalue weighted by Gasteiger charge is 2.16. The van der Waals surface area contributed by atoms with Crippen molar-refractivity contribution >= 4 is 17.3 Å². The molecule has 0 aromatic heterocycles. The van der Waals surface area contributed by atoms with Gasteiger partial charge in [0.05, 0.1) is 0 Å². The van der Waals surface area contributed by atoms with E-state index in [1.165, 1.54) is 5.56 Å². The van der Waals surface area contributed by atoms with Crippen LogP contribution < -0.4 is 11.1 Å². The topological polar surface area (TPSA) is 41.3 Å². The average molecular weight is 254 g/mol. The molecule has 1 saturated heterocycles. The lowest BCUT2D eigenvalue weighted by atomic mass is 10.1. The largest absolute Gasteiger partial charge is 0.398 e. The van der Waals surface area contributed by atoms with Gasteiger partial charge in [-0.25, -0.2) is 0 Å². The smallest absolute Gasteiger partial charge is 0.0429 e. The average Bonchev–Trinajstić information content (AvgIpc) is 2.25. The SMILES string of the molecule is Cc1c(N)cc(Cl)cc1CN1CCNC(C)C1. The monoisotopic (exact) mass is 253 g/mol. The number of nitrogens with zero attached hydrogens (tertiary/aromatic N) is 1. The minimum absolute atomic E-state index is 0.556. The summed E-state index contributed by atoms with van der Waals surface area (Å²) in [5.74, 6) is 0. The maximum absolute atomic E-state index is 6.06. The minimum Gasteiger partial charge on any atom is -0.398 e. The molecule has 17 heavy (non-hydrogen) atoms. The fourth-order valence-corrected chi connectivity index (χ4v) is 2.57.